The van der Waals surface area contributed by atoms with Crippen LogP contribution in [0.3, 0.4) is 0 Å². The normalized spacial score (nSPS) is 14.2. The van der Waals surface area contributed by atoms with Gasteiger partial charge in [0, 0.05) is 20.1 Å². The van der Waals surface area contributed by atoms with Crippen LogP contribution in [0.2, 0.25) is 20.1 Å². The molecule has 0 radical (unpaired) electrons. The van der Waals surface area contributed by atoms with Gasteiger partial charge < -0.3 is 21.7 Å². The van der Waals surface area contributed by atoms with E-state index in [0.29, 0.717) is 20.1 Å². The molecule has 0 saturated heterocycles. The number of aliphatic hydroxyl groups is 2. The minimum absolute atomic E-state index is 0.497. The molecule has 0 bridgehead atoms. The maximum absolute atomic E-state index is 10.2. The van der Waals surface area contributed by atoms with Crippen LogP contribution >= 0.6 is 46.4 Å². The predicted molar refractivity (Wildman–Crippen MR) is 150 cm³/mol. The molecule has 0 aliphatic heterocycles. The molecule has 36 heavy (non-hydrogen) atoms. The van der Waals surface area contributed by atoms with Crippen molar-refractivity contribution in [2.75, 3.05) is 0 Å². The van der Waals surface area contributed by atoms with Gasteiger partial charge in [-0.15, -0.1) is 0 Å². The molecule has 0 fully saturated rings. The Labute approximate surface area is 231 Å². The van der Waals surface area contributed by atoms with Gasteiger partial charge in [0.15, 0.2) is 0 Å². The van der Waals surface area contributed by atoms with Crippen molar-refractivity contribution >= 4 is 46.4 Å². The van der Waals surface area contributed by atoms with Gasteiger partial charge in [-0.05, 0) is 70.8 Å². The maximum Gasteiger partial charge on any atom is 0.0982 e. The zero-order valence-corrected chi connectivity index (χ0v) is 22.1. The summed E-state index contributed by atoms with van der Waals surface area (Å²) in [5, 5.41) is 23.0. The lowest BCUT2D eigenvalue weighted by Crippen LogP contribution is -2.19. The van der Waals surface area contributed by atoms with E-state index in [4.69, 9.17) is 57.9 Å². The molecule has 4 rings (SSSR count). The molecule has 0 amide bonds. The first-order chi connectivity index (χ1) is 17.2. The van der Waals surface area contributed by atoms with E-state index in [1.807, 2.05) is 24.3 Å². The van der Waals surface area contributed by atoms with Crippen LogP contribution in [-0.2, 0) is 0 Å². The van der Waals surface area contributed by atoms with E-state index in [1.54, 1.807) is 72.8 Å². The molecule has 0 aliphatic carbocycles. The van der Waals surface area contributed by atoms with Gasteiger partial charge in [-0.1, -0.05) is 94.9 Å². The van der Waals surface area contributed by atoms with Crippen LogP contribution in [-0.4, -0.2) is 10.2 Å². The minimum atomic E-state index is -0.775. The molecule has 4 aromatic carbocycles. The summed E-state index contributed by atoms with van der Waals surface area (Å²) in [5.74, 6) is 0. The molecule has 0 spiro atoms. The van der Waals surface area contributed by atoms with Crippen LogP contribution in [0.1, 0.15) is 46.5 Å². The average Bonchev–Trinajstić information content (AvgIpc) is 2.89. The first kappa shape index (κ1) is 28.5. The second-order valence-corrected chi connectivity index (χ2v) is 9.89. The van der Waals surface area contributed by atoms with Crippen molar-refractivity contribution in [1.82, 2.24) is 0 Å². The van der Waals surface area contributed by atoms with E-state index < -0.39 is 24.3 Å². The highest BCUT2D eigenvalue weighted by atomic mass is 35.5. The van der Waals surface area contributed by atoms with Gasteiger partial charge in [0.2, 0.25) is 0 Å². The van der Waals surface area contributed by atoms with E-state index in [1.165, 1.54) is 0 Å². The molecule has 188 valence electrons. The van der Waals surface area contributed by atoms with E-state index in [9.17, 15) is 10.2 Å². The van der Waals surface area contributed by atoms with Crippen LogP contribution in [0.5, 0.6) is 0 Å². The monoisotopic (exact) mass is 562 g/mol. The number of aliphatic hydroxyl groups excluding tert-OH is 2. The molecule has 4 nitrogen and oxygen atoms in total. The summed E-state index contributed by atoms with van der Waals surface area (Å²) in [6.45, 7) is 0. The highest BCUT2D eigenvalue weighted by Crippen LogP contribution is 2.29. The van der Waals surface area contributed by atoms with Gasteiger partial charge in [0.05, 0.1) is 24.3 Å². The van der Waals surface area contributed by atoms with Crippen molar-refractivity contribution in [1.29, 1.82) is 0 Å². The fraction of sp³-hybridized carbons (Fsp3) is 0.143. The van der Waals surface area contributed by atoms with E-state index in [0.717, 1.165) is 22.3 Å². The lowest BCUT2D eigenvalue weighted by atomic mass is 9.97. The summed E-state index contributed by atoms with van der Waals surface area (Å²) >= 11 is 23.2. The Hall–Kier alpha value is -2.12. The molecular formula is C28H26Cl4N2O2. The van der Waals surface area contributed by atoms with Gasteiger partial charge in [-0.2, -0.15) is 0 Å². The van der Waals surface area contributed by atoms with Gasteiger partial charge >= 0.3 is 0 Å². The van der Waals surface area contributed by atoms with Gasteiger partial charge in [0.25, 0.3) is 0 Å². The number of hydrogen-bond acceptors (Lipinski definition) is 4. The van der Waals surface area contributed by atoms with Gasteiger partial charge in [-0.3, -0.25) is 0 Å². The predicted octanol–water partition coefficient (Wildman–Crippen LogP) is 7.45. The summed E-state index contributed by atoms with van der Waals surface area (Å²) in [6.07, 6.45) is -1.55. The average molecular weight is 564 g/mol. The quantitative estimate of drug-likeness (QED) is 0.196. The Morgan fingerprint density at radius 3 is 0.806 bits per heavy atom. The zero-order valence-electron chi connectivity index (χ0n) is 19.1. The second kappa shape index (κ2) is 13.4. The topological polar surface area (TPSA) is 92.5 Å². The minimum Gasteiger partial charge on any atom is -0.386 e. The summed E-state index contributed by atoms with van der Waals surface area (Å²) in [7, 11) is 0. The second-order valence-electron chi connectivity index (χ2n) is 8.15. The SMILES string of the molecule is N[C@@H](c1ccc(Cl)cc1)[C@H](O)c1ccc(Cl)cc1.N[C@H](c1ccc(Cl)cc1)[C@@H](O)c1ccc(Cl)cc1. The number of nitrogens with two attached hydrogens (primary N) is 2. The molecule has 0 heterocycles. The van der Waals surface area contributed by atoms with Crippen molar-refractivity contribution < 1.29 is 10.2 Å². The smallest absolute Gasteiger partial charge is 0.0982 e. The maximum atomic E-state index is 10.2. The van der Waals surface area contributed by atoms with E-state index in [-0.39, 0.29) is 0 Å². The lowest BCUT2D eigenvalue weighted by molar-refractivity contribution is 0.147. The molecule has 0 saturated carbocycles. The van der Waals surface area contributed by atoms with Gasteiger partial charge in [0.1, 0.15) is 0 Å². The first-order valence-corrected chi connectivity index (χ1v) is 12.6. The molecule has 4 aromatic rings. The van der Waals surface area contributed by atoms with E-state index in [2.05, 4.69) is 0 Å². The Kier molecular flexibility index (Phi) is 10.6. The number of rotatable bonds is 6. The summed E-state index contributed by atoms with van der Waals surface area (Å²) in [5.41, 5.74) is 15.2. The van der Waals surface area contributed by atoms with Crippen molar-refractivity contribution in [3.05, 3.63) is 139 Å². The highest BCUT2D eigenvalue weighted by Gasteiger charge is 2.19. The summed E-state index contributed by atoms with van der Waals surface area (Å²) in [6, 6.07) is 27.3. The van der Waals surface area contributed by atoms with Crippen LogP contribution in [0.25, 0.3) is 0 Å². The number of hydrogen-bond donors (Lipinski definition) is 4. The standard InChI is InChI=1S/2C14H13Cl2NO/c2*15-11-5-1-9(2-6-11)13(17)14(18)10-3-7-12(16)8-4-10/h2*1-8,13-14,18H,17H2/t2*13-,14+/m10/s1. The zero-order chi connectivity index (χ0) is 26.2. The van der Waals surface area contributed by atoms with Crippen molar-refractivity contribution in [2.24, 2.45) is 11.5 Å². The molecule has 0 aliphatic rings. The van der Waals surface area contributed by atoms with E-state index >= 15 is 0 Å². The molecule has 0 unspecified atom stereocenters. The fourth-order valence-corrected chi connectivity index (χ4v) is 3.97. The van der Waals surface area contributed by atoms with Crippen molar-refractivity contribution in [2.45, 2.75) is 24.3 Å². The van der Waals surface area contributed by atoms with Gasteiger partial charge in [-0.25, -0.2) is 0 Å². The molecule has 4 atom stereocenters. The number of benzene rings is 4. The summed E-state index contributed by atoms with van der Waals surface area (Å²) in [4.78, 5) is 0. The third-order valence-electron chi connectivity index (χ3n) is 5.61. The fourth-order valence-electron chi connectivity index (χ4n) is 3.47. The van der Waals surface area contributed by atoms with Crippen LogP contribution in [0.4, 0.5) is 0 Å². The molecule has 8 heteroatoms. The van der Waals surface area contributed by atoms with Crippen LogP contribution < -0.4 is 11.5 Å². The molecular weight excluding hydrogens is 538 g/mol. The third kappa shape index (κ3) is 7.94. The van der Waals surface area contributed by atoms with Crippen molar-refractivity contribution in [3.8, 4) is 0 Å². The Bertz CT molecular complexity index is 1020. The Morgan fingerprint density at radius 2 is 0.583 bits per heavy atom. The van der Waals surface area contributed by atoms with Crippen molar-refractivity contribution in [3.63, 3.8) is 0 Å². The Morgan fingerprint density at radius 1 is 0.389 bits per heavy atom. The number of halogens is 4. The molecule has 6 N–H and O–H groups in total. The Balaban J connectivity index is 0.000000201. The third-order valence-corrected chi connectivity index (χ3v) is 6.62. The summed E-state index contributed by atoms with van der Waals surface area (Å²) < 4.78 is 0. The van der Waals surface area contributed by atoms with Crippen LogP contribution in [0, 0.1) is 0 Å². The first-order valence-electron chi connectivity index (χ1n) is 11.0. The van der Waals surface area contributed by atoms with Crippen LogP contribution in [0.15, 0.2) is 97.1 Å². The molecule has 0 aromatic heterocycles. The highest BCUT2D eigenvalue weighted by molar-refractivity contribution is 6.31. The largest absolute Gasteiger partial charge is 0.386 e. The lowest BCUT2D eigenvalue weighted by Gasteiger charge is -2.19.